The van der Waals surface area contributed by atoms with Crippen LogP contribution in [0.3, 0.4) is 0 Å². The van der Waals surface area contributed by atoms with Gasteiger partial charge in [0.05, 0.1) is 11.2 Å². The molecule has 108 valence electrons. The highest BCUT2D eigenvalue weighted by Crippen LogP contribution is 2.19. The standard InChI is InChI=1S/C13H15Cl2N3O2/c1-3-18(4-2)13(20)12(19)17-16-8-9-5-6-10(14)7-11(9)15/h5-8H,3-4H2,1-2H3,(H,17,19)/b16-8-. The molecule has 0 heterocycles. The zero-order chi connectivity index (χ0) is 15.1. The molecule has 0 radical (unpaired) electrons. The van der Waals surface area contributed by atoms with Gasteiger partial charge in [0, 0.05) is 23.7 Å². The molecule has 0 saturated carbocycles. The van der Waals surface area contributed by atoms with Crippen molar-refractivity contribution in [1.29, 1.82) is 0 Å². The van der Waals surface area contributed by atoms with Crippen molar-refractivity contribution >= 4 is 41.2 Å². The highest BCUT2D eigenvalue weighted by atomic mass is 35.5. The summed E-state index contributed by atoms with van der Waals surface area (Å²) in [5, 5.41) is 4.62. The zero-order valence-electron chi connectivity index (χ0n) is 11.2. The second-order valence-electron chi connectivity index (χ2n) is 3.84. The molecular weight excluding hydrogens is 301 g/mol. The van der Waals surface area contributed by atoms with Crippen molar-refractivity contribution in [3.05, 3.63) is 33.8 Å². The molecule has 0 aliphatic rings. The van der Waals surface area contributed by atoms with Crippen molar-refractivity contribution in [2.45, 2.75) is 13.8 Å². The number of amides is 2. The van der Waals surface area contributed by atoms with Crippen LogP contribution in [0.2, 0.25) is 10.0 Å². The molecule has 0 saturated heterocycles. The third-order valence-electron chi connectivity index (χ3n) is 2.58. The lowest BCUT2D eigenvalue weighted by Crippen LogP contribution is -2.41. The van der Waals surface area contributed by atoms with Crippen LogP contribution in [0.15, 0.2) is 23.3 Å². The number of nitrogens with zero attached hydrogens (tertiary/aromatic N) is 2. The first-order chi connectivity index (χ1) is 9.49. The fourth-order valence-corrected chi connectivity index (χ4v) is 1.93. The van der Waals surface area contributed by atoms with Gasteiger partial charge in [-0.3, -0.25) is 9.59 Å². The van der Waals surface area contributed by atoms with Gasteiger partial charge in [0.1, 0.15) is 0 Å². The van der Waals surface area contributed by atoms with Crippen LogP contribution < -0.4 is 5.43 Å². The fraction of sp³-hybridized carbons (Fsp3) is 0.308. The van der Waals surface area contributed by atoms with E-state index in [1.54, 1.807) is 32.0 Å². The predicted molar refractivity (Wildman–Crippen MR) is 80.1 cm³/mol. The highest BCUT2D eigenvalue weighted by Gasteiger charge is 2.18. The van der Waals surface area contributed by atoms with E-state index in [9.17, 15) is 9.59 Å². The van der Waals surface area contributed by atoms with Crippen molar-refractivity contribution in [1.82, 2.24) is 10.3 Å². The number of likely N-dealkylation sites (N-methyl/N-ethyl adjacent to an activating group) is 1. The normalized spacial score (nSPS) is 10.6. The van der Waals surface area contributed by atoms with Crippen molar-refractivity contribution in [3.63, 3.8) is 0 Å². The van der Waals surface area contributed by atoms with Crippen molar-refractivity contribution in [2.24, 2.45) is 5.10 Å². The molecule has 1 N–H and O–H groups in total. The molecule has 1 aromatic rings. The maximum atomic E-state index is 11.7. The number of hydrazone groups is 1. The van der Waals surface area contributed by atoms with Crippen molar-refractivity contribution in [2.75, 3.05) is 13.1 Å². The summed E-state index contributed by atoms with van der Waals surface area (Å²) in [4.78, 5) is 24.6. The molecule has 0 bridgehead atoms. The number of nitrogens with one attached hydrogen (secondary N) is 1. The van der Waals surface area contributed by atoms with E-state index in [-0.39, 0.29) is 0 Å². The predicted octanol–water partition coefficient (Wildman–Crippen LogP) is 2.31. The maximum Gasteiger partial charge on any atom is 0.329 e. The van der Waals surface area contributed by atoms with Gasteiger partial charge in [-0.15, -0.1) is 0 Å². The summed E-state index contributed by atoms with van der Waals surface area (Å²) >= 11 is 11.7. The maximum absolute atomic E-state index is 11.7. The third kappa shape index (κ3) is 4.51. The summed E-state index contributed by atoms with van der Waals surface area (Å²) in [5.74, 6) is -1.40. The van der Waals surface area contributed by atoms with E-state index in [2.05, 4.69) is 10.5 Å². The van der Waals surface area contributed by atoms with E-state index >= 15 is 0 Å². The van der Waals surface area contributed by atoms with Crippen LogP contribution in [-0.2, 0) is 9.59 Å². The zero-order valence-corrected chi connectivity index (χ0v) is 12.7. The Labute approximate surface area is 127 Å². The van der Waals surface area contributed by atoms with Gasteiger partial charge in [-0.25, -0.2) is 5.43 Å². The van der Waals surface area contributed by atoms with E-state index in [0.717, 1.165) is 0 Å². The van der Waals surface area contributed by atoms with E-state index < -0.39 is 11.8 Å². The molecule has 0 atom stereocenters. The van der Waals surface area contributed by atoms with Crippen LogP contribution in [-0.4, -0.2) is 36.0 Å². The average molecular weight is 316 g/mol. The quantitative estimate of drug-likeness (QED) is 0.526. The van der Waals surface area contributed by atoms with Crippen LogP contribution >= 0.6 is 23.2 Å². The minimum absolute atomic E-state index is 0.408. The molecule has 20 heavy (non-hydrogen) atoms. The fourth-order valence-electron chi connectivity index (χ4n) is 1.47. The molecule has 0 aliphatic carbocycles. The van der Waals surface area contributed by atoms with Gasteiger partial charge in [-0.1, -0.05) is 29.3 Å². The molecule has 1 aromatic carbocycles. The highest BCUT2D eigenvalue weighted by molar-refractivity contribution is 6.36. The Hall–Kier alpha value is -1.59. The minimum Gasteiger partial charge on any atom is -0.335 e. The molecule has 7 heteroatoms. The average Bonchev–Trinajstić information content (AvgIpc) is 2.42. The van der Waals surface area contributed by atoms with Gasteiger partial charge in [0.15, 0.2) is 0 Å². The lowest BCUT2D eigenvalue weighted by molar-refractivity contribution is -0.145. The Morgan fingerprint density at radius 1 is 1.30 bits per heavy atom. The van der Waals surface area contributed by atoms with Crippen molar-refractivity contribution in [3.8, 4) is 0 Å². The minimum atomic E-state index is -0.782. The van der Waals surface area contributed by atoms with E-state index in [1.807, 2.05) is 0 Å². The van der Waals surface area contributed by atoms with Gasteiger partial charge in [-0.2, -0.15) is 5.10 Å². The molecule has 1 rings (SSSR count). The van der Waals surface area contributed by atoms with Gasteiger partial charge in [-0.05, 0) is 26.0 Å². The monoisotopic (exact) mass is 315 g/mol. The Morgan fingerprint density at radius 3 is 2.50 bits per heavy atom. The number of carbonyl (C=O) groups excluding carboxylic acids is 2. The lowest BCUT2D eigenvalue weighted by atomic mass is 10.2. The van der Waals surface area contributed by atoms with Gasteiger partial charge >= 0.3 is 11.8 Å². The molecular formula is C13H15Cl2N3O2. The first-order valence-electron chi connectivity index (χ1n) is 6.07. The first kappa shape index (κ1) is 16.5. The van der Waals surface area contributed by atoms with E-state index in [1.165, 1.54) is 11.1 Å². The van der Waals surface area contributed by atoms with E-state index in [0.29, 0.717) is 28.7 Å². The Balaban J connectivity index is 2.64. The van der Waals surface area contributed by atoms with Crippen LogP contribution in [0.1, 0.15) is 19.4 Å². The van der Waals surface area contributed by atoms with Crippen molar-refractivity contribution < 1.29 is 9.59 Å². The number of benzene rings is 1. The second-order valence-corrected chi connectivity index (χ2v) is 4.69. The molecule has 0 unspecified atom stereocenters. The van der Waals surface area contributed by atoms with Crippen LogP contribution in [0.4, 0.5) is 0 Å². The Bertz CT molecular complexity index is 528. The summed E-state index contributed by atoms with van der Waals surface area (Å²) < 4.78 is 0. The van der Waals surface area contributed by atoms with Crippen LogP contribution in [0, 0.1) is 0 Å². The number of carbonyl (C=O) groups is 2. The summed E-state index contributed by atoms with van der Waals surface area (Å²) in [6.45, 7) is 4.53. The van der Waals surface area contributed by atoms with Gasteiger partial charge < -0.3 is 4.90 Å². The topological polar surface area (TPSA) is 61.8 Å². The SMILES string of the molecule is CCN(CC)C(=O)C(=O)N/N=C\c1ccc(Cl)cc1Cl. The molecule has 0 fully saturated rings. The molecule has 0 aliphatic heterocycles. The molecule has 0 spiro atoms. The largest absolute Gasteiger partial charge is 0.335 e. The molecule has 2 amide bonds. The van der Waals surface area contributed by atoms with E-state index in [4.69, 9.17) is 23.2 Å². The first-order valence-corrected chi connectivity index (χ1v) is 6.82. The summed E-state index contributed by atoms with van der Waals surface area (Å²) in [6, 6.07) is 4.87. The van der Waals surface area contributed by atoms with Gasteiger partial charge in [0.2, 0.25) is 0 Å². The number of hydrogen-bond acceptors (Lipinski definition) is 3. The summed E-state index contributed by atoms with van der Waals surface area (Å²) in [6.07, 6.45) is 1.35. The summed E-state index contributed by atoms with van der Waals surface area (Å²) in [5.41, 5.74) is 2.76. The molecule has 0 aromatic heterocycles. The molecule has 5 nitrogen and oxygen atoms in total. The van der Waals surface area contributed by atoms with Gasteiger partial charge in [0.25, 0.3) is 0 Å². The van der Waals surface area contributed by atoms with Crippen LogP contribution in [0.5, 0.6) is 0 Å². The summed E-state index contributed by atoms with van der Waals surface area (Å²) in [7, 11) is 0. The van der Waals surface area contributed by atoms with Crippen LogP contribution in [0.25, 0.3) is 0 Å². The Kier molecular flexibility index (Phi) is 6.48. The Morgan fingerprint density at radius 2 is 1.95 bits per heavy atom. The number of halogens is 2. The smallest absolute Gasteiger partial charge is 0.329 e. The third-order valence-corrected chi connectivity index (χ3v) is 3.14. The number of hydrogen-bond donors (Lipinski definition) is 1. The lowest BCUT2D eigenvalue weighted by Gasteiger charge is -2.16. The second kappa shape index (κ2) is 7.87. The number of rotatable bonds is 4.